The van der Waals surface area contributed by atoms with E-state index in [2.05, 4.69) is 4.90 Å². The fraction of sp³-hybridized carbons (Fsp3) is 0.846. The molecule has 0 saturated carbocycles. The topological polar surface area (TPSA) is 70.1 Å². The Morgan fingerprint density at radius 2 is 1.74 bits per heavy atom. The van der Waals surface area contributed by atoms with Gasteiger partial charge in [0.2, 0.25) is 5.91 Å². The van der Waals surface area contributed by atoms with Gasteiger partial charge in [-0.1, -0.05) is 0 Å². The number of nitrogens with zero attached hydrogens (tertiary/aromatic N) is 2. The van der Waals surface area contributed by atoms with Gasteiger partial charge in [0.25, 0.3) is 0 Å². The van der Waals surface area contributed by atoms with Crippen molar-refractivity contribution >= 4 is 11.9 Å². The minimum absolute atomic E-state index is 0.124. The average Bonchev–Trinajstić information content (AvgIpc) is 2.46. The van der Waals surface area contributed by atoms with E-state index in [0.717, 1.165) is 39.0 Å². The quantitative estimate of drug-likeness (QED) is 0.780. The van der Waals surface area contributed by atoms with Crippen LogP contribution in [0.25, 0.3) is 0 Å². The van der Waals surface area contributed by atoms with Gasteiger partial charge in [-0.25, -0.2) is 0 Å². The molecule has 0 unspecified atom stereocenters. The number of piperazine rings is 1. The summed E-state index contributed by atoms with van der Waals surface area (Å²) < 4.78 is 5.27. The highest BCUT2D eigenvalue weighted by atomic mass is 16.5. The maximum absolute atomic E-state index is 12.3. The average molecular weight is 270 g/mol. The summed E-state index contributed by atoms with van der Waals surface area (Å²) >= 11 is 0. The summed E-state index contributed by atoms with van der Waals surface area (Å²) in [5.41, 5.74) is 0. The van der Waals surface area contributed by atoms with Gasteiger partial charge in [-0.3, -0.25) is 14.5 Å². The predicted octanol–water partition coefficient (Wildman–Crippen LogP) is 0.0319. The molecule has 0 aliphatic carbocycles. The summed E-state index contributed by atoms with van der Waals surface area (Å²) in [6.07, 6.45) is 1.84. The molecule has 108 valence electrons. The Balaban J connectivity index is 1.72. The van der Waals surface area contributed by atoms with Crippen LogP contribution >= 0.6 is 0 Å². The summed E-state index contributed by atoms with van der Waals surface area (Å²) in [4.78, 5) is 26.8. The second kappa shape index (κ2) is 6.86. The molecule has 2 saturated heterocycles. The monoisotopic (exact) mass is 270 g/mol. The number of ether oxygens (including phenoxy) is 1. The number of carboxylic acids is 1. The Hall–Kier alpha value is -1.14. The molecule has 6 nitrogen and oxygen atoms in total. The van der Waals surface area contributed by atoms with Crippen LogP contribution in [0.4, 0.5) is 0 Å². The van der Waals surface area contributed by atoms with E-state index < -0.39 is 5.97 Å². The molecule has 1 amide bonds. The van der Waals surface area contributed by atoms with Crippen molar-refractivity contribution in [3.63, 3.8) is 0 Å². The summed E-state index contributed by atoms with van der Waals surface area (Å²) in [7, 11) is 0. The molecule has 0 radical (unpaired) electrons. The molecule has 19 heavy (non-hydrogen) atoms. The molecule has 0 aromatic heterocycles. The van der Waals surface area contributed by atoms with Crippen LogP contribution in [0.3, 0.4) is 0 Å². The van der Waals surface area contributed by atoms with E-state index in [-0.39, 0.29) is 18.2 Å². The largest absolute Gasteiger partial charge is 0.481 e. The third-order valence-electron chi connectivity index (χ3n) is 3.90. The predicted molar refractivity (Wildman–Crippen MR) is 68.8 cm³/mol. The molecule has 0 aromatic carbocycles. The first-order valence-corrected chi connectivity index (χ1v) is 6.97. The van der Waals surface area contributed by atoms with E-state index in [1.54, 1.807) is 0 Å². The fourth-order valence-corrected chi connectivity index (χ4v) is 2.65. The highest BCUT2D eigenvalue weighted by Gasteiger charge is 2.28. The SMILES string of the molecule is O=C(O)CCN1CCN(C(=O)C2CCOCC2)CC1. The molecular weight excluding hydrogens is 248 g/mol. The van der Waals surface area contributed by atoms with Crippen molar-refractivity contribution in [1.82, 2.24) is 9.80 Å². The number of hydrogen-bond acceptors (Lipinski definition) is 4. The lowest BCUT2D eigenvalue weighted by atomic mass is 9.98. The lowest BCUT2D eigenvalue weighted by Gasteiger charge is -2.36. The highest BCUT2D eigenvalue weighted by Crippen LogP contribution is 2.18. The van der Waals surface area contributed by atoms with Gasteiger partial charge in [0.15, 0.2) is 0 Å². The minimum atomic E-state index is -0.763. The number of aliphatic carboxylic acids is 1. The smallest absolute Gasteiger partial charge is 0.304 e. The summed E-state index contributed by atoms with van der Waals surface area (Å²) in [6.45, 7) is 4.95. The summed E-state index contributed by atoms with van der Waals surface area (Å²) in [5, 5.41) is 8.65. The van der Waals surface area contributed by atoms with Gasteiger partial charge >= 0.3 is 5.97 Å². The van der Waals surface area contributed by atoms with E-state index in [1.165, 1.54) is 0 Å². The van der Waals surface area contributed by atoms with E-state index in [0.29, 0.717) is 19.8 Å². The van der Waals surface area contributed by atoms with Crippen LogP contribution in [0.5, 0.6) is 0 Å². The Bertz CT molecular complexity index is 321. The van der Waals surface area contributed by atoms with Crippen LogP contribution in [-0.4, -0.2) is 72.7 Å². The van der Waals surface area contributed by atoms with Crippen molar-refractivity contribution in [1.29, 1.82) is 0 Å². The Kier molecular flexibility index (Phi) is 5.15. The van der Waals surface area contributed by atoms with Gasteiger partial charge < -0.3 is 14.7 Å². The van der Waals surface area contributed by atoms with Crippen LogP contribution < -0.4 is 0 Å². The minimum Gasteiger partial charge on any atom is -0.481 e. The molecular formula is C13H22N2O4. The highest BCUT2D eigenvalue weighted by molar-refractivity contribution is 5.79. The van der Waals surface area contributed by atoms with Gasteiger partial charge in [0.1, 0.15) is 0 Å². The second-order valence-electron chi connectivity index (χ2n) is 5.20. The molecule has 2 fully saturated rings. The van der Waals surface area contributed by atoms with Crippen molar-refractivity contribution in [2.24, 2.45) is 5.92 Å². The molecule has 0 spiro atoms. The number of rotatable bonds is 4. The molecule has 2 aliphatic heterocycles. The number of carbonyl (C=O) groups is 2. The molecule has 2 aliphatic rings. The Morgan fingerprint density at radius 1 is 1.11 bits per heavy atom. The maximum Gasteiger partial charge on any atom is 0.304 e. The zero-order valence-corrected chi connectivity index (χ0v) is 11.2. The van der Waals surface area contributed by atoms with Gasteiger partial charge in [-0.2, -0.15) is 0 Å². The van der Waals surface area contributed by atoms with Crippen molar-refractivity contribution in [3.05, 3.63) is 0 Å². The third kappa shape index (κ3) is 4.18. The first-order valence-electron chi connectivity index (χ1n) is 6.97. The van der Waals surface area contributed by atoms with Crippen LogP contribution in [0.1, 0.15) is 19.3 Å². The number of hydrogen-bond donors (Lipinski definition) is 1. The van der Waals surface area contributed by atoms with E-state index in [9.17, 15) is 9.59 Å². The second-order valence-corrected chi connectivity index (χ2v) is 5.20. The molecule has 2 heterocycles. The molecule has 2 rings (SSSR count). The van der Waals surface area contributed by atoms with Gasteiger partial charge in [-0.15, -0.1) is 0 Å². The number of amides is 1. The first kappa shape index (κ1) is 14.3. The van der Waals surface area contributed by atoms with E-state index >= 15 is 0 Å². The van der Waals surface area contributed by atoms with Gasteiger partial charge in [-0.05, 0) is 12.8 Å². The summed E-state index contributed by atoms with van der Waals surface area (Å²) in [5.74, 6) is -0.388. The lowest BCUT2D eigenvalue weighted by molar-refractivity contribution is -0.141. The van der Waals surface area contributed by atoms with Gasteiger partial charge in [0, 0.05) is 51.9 Å². The Labute approximate surface area is 113 Å². The van der Waals surface area contributed by atoms with Crippen molar-refractivity contribution < 1.29 is 19.4 Å². The number of carboxylic acid groups (broad SMARTS) is 1. The van der Waals surface area contributed by atoms with E-state index in [1.807, 2.05) is 4.90 Å². The lowest BCUT2D eigenvalue weighted by Crippen LogP contribution is -2.51. The molecule has 0 aromatic rings. The normalized spacial score (nSPS) is 22.4. The van der Waals surface area contributed by atoms with Crippen LogP contribution in [-0.2, 0) is 14.3 Å². The third-order valence-corrected chi connectivity index (χ3v) is 3.90. The maximum atomic E-state index is 12.3. The van der Waals surface area contributed by atoms with Crippen molar-refractivity contribution in [3.8, 4) is 0 Å². The molecule has 0 bridgehead atoms. The molecule has 0 atom stereocenters. The fourth-order valence-electron chi connectivity index (χ4n) is 2.65. The van der Waals surface area contributed by atoms with Gasteiger partial charge in [0.05, 0.1) is 6.42 Å². The zero-order chi connectivity index (χ0) is 13.7. The Morgan fingerprint density at radius 3 is 2.32 bits per heavy atom. The zero-order valence-electron chi connectivity index (χ0n) is 11.2. The standard InChI is InChI=1S/C13H22N2O4/c16-12(17)1-4-14-5-7-15(8-6-14)13(18)11-2-9-19-10-3-11/h11H,1-10H2,(H,16,17). The van der Waals surface area contributed by atoms with Crippen LogP contribution in [0.15, 0.2) is 0 Å². The summed E-state index contributed by atoms with van der Waals surface area (Å²) in [6, 6.07) is 0. The number of carbonyl (C=O) groups excluding carboxylic acids is 1. The van der Waals surface area contributed by atoms with E-state index in [4.69, 9.17) is 9.84 Å². The molecule has 6 heteroatoms. The van der Waals surface area contributed by atoms with Crippen molar-refractivity contribution in [2.45, 2.75) is 19.3 Å². The first-order chi connectivity index (χ1) is 9.16. The van der Waals surface area contributed by atoms with Crippen LogP contribution in [0, 0.1) is 5.92 Å². The molecule has 1 N–H and O–H groups in total. The van der Waals surface area contributed by atoms with Crippen LogP contribution in [0.2, 0.25) is 0 Å². The van der Waals surface area contributed by atoms with Crippen molar-refractivity contribution in [2.75, 3.05) is 45.9 Å².